The lowest BCUT2D eigenvalue weighted by Crippen LogP contribution is -2.24. The number of benzene rings is 1. The van der Waals surface area contributed by atoms with Crippen molar-refractivity contribution in [2.45, 2.75) is 6.92 Å². The molecule has 106 valence electrons. The molecule has 1 rings (SSSR count). The molecule has 1 N–H and O–H groups in total. The van der Waals surface area contributed by atoms with Crippen molar-refractivity contribution in [3.8, 4) is 5.75 Å². The first-order valence-electron chi connectivity index (χ1n) is 6.26. The second-order valence-corrected chi connectivity index (χ2v) is 5.68. The summed E-state index contributed by atoms with van der Waals surface area (Å²) in [5.41, 5.74) is 1.87. The molecule has 0 aliphatic rings. The van der Waals surface area contributed by atoms with Crippen molar-refractivity contribution in [2.24, 2.45) is 4.99 Å². The van der Waals surface area contributed by atoms with Gasteiger partial charge in [-0.2, -0.15) is 12.6 Å². The highest BCUT2D eigenvalue weighted by Crippen LogP contribution is 2.23. The molecule has 0 saturated carbocycles. The minimum Gasteiger partial charge on any atom is -0.507 e. The van der Waals surface area contributed by atoms with E-state index < -0.39 is 0 Å². The van der Waals surface area contributed by atoms with Gasteiger partial charge in [-0.25, -0.2) is 0 Å². The first-order valence-corrected chi connectivity index (χ1v) is 8.12. The Morgan fingerprint density at radius 3 is 2.74 bits per heavy atom. The quantitative estimate of drug-likeness (QED) is 0.481. The Balaban J connectivity index is 2.71. The molecule has 19 heavy (non-hydrogen) atoms. The lowest BCUT2D eigenvalue weighted by Gasteiger charge is -2.14. The highest BCUT2D eigenvalue weighted by atomic mass is 32.2. The molecule has 5 heteroatoms. The molecule has 0 atom stereocenters. The molecular formula is C14H22N2OS2. The summed E-state index contributed by atoms with van der Waals surface area (Å²) in [5, 5.41) is 10.9. The van der Waals surface area contributed by atoms with Gasteiger partial charge in [0.1, 0.15) is 10.8 Å². The fourth-order valence-corrected chi connectivity index (χ4v) is 2.64. The average Bonchev–Trinajstić information content (AvgIpc) is 2.36. The number of hydrogen-bond donors (Lipinski definition) is 2. The van der Waals surface area contributed by atoms with Gasteiger partial charge in [0, 0.05) is 24.4 Å². The van der Waals surface area contributed by atoms with Crippen molar-refractivity contribution in [2.75, 3.05) is 38.7 Å². The van der Waals surface area contributed by atoms with E-state index >= 15 is 0 Å². The molecule has 0 spiro atoms. The molecule has 0 radical (unpaired) electrons. The van der Waals surface area contributed by atoms with Crippen LogP contribution in [-0.2, 0) is 0 Å². The van der Waals surface area contributed by atoms with E-state index in [1.807, 2.05) is 25.3 Å². The number of hydrogen-bond acceptors (Lipinski definition) is 5. The zero-order valence-electron chi connectivity index (χ0n) is 11.8. The molecule has 0 heterocycles. The number of thioether (sulfide) groups is 1. The van der Waals surface area contributed by atoms with Gasteiger partial charge in [-0.15, -0.1) is 11.8 Å². The zero-order chi connectivity index (χ0) is 14.3. The number of likely N-dealkylation sites (N-methyl/N-ethyl adjacent to an activating group) is 1. The number of aliphatic imine (C=N–C) groups is 1. The van der Waals surface area contributed by atoms with Crippen LogP contribution in [0, 0.1) is 6.92 Å². The maximum absolute atomic E-state index is 9.97. The van der Waals surface area contributed by atoms with E-state index in [2.05, 4.69) is 29.6 Å². The fraction of sp³-hybridized carbons (Fsp3) is 0.500. The van der Waals surface area contributed by atoms with Crippen LogP contribution >= 0.6 is 24.4 Å². The number of aryl methyl sites for hydroxylation is 1. The summed E-state index contributed by atoms with van der Waals surface area (Å²) in [6, 6.07) is 5.69. The van der Waals surface area contributed by atoms with E-state index in [1.54, 1.807) is 17.8 Å². The van der Waals surface area contributed by atoms with Crippen molar-refractivity contribution < 1.29 is 5.11 Å². The predicted octanol–water partition coefficient (Wildman–Crippen LogP) is 2.67. The first kappa shape index (κ1) is 16.4. The minimum atomic E-state index is 0.303. The molecule has 1 aromatic rings. The third-order valence-electron chi connectivity index (χ3n) is 2.80. The van der Waals surface area contributed by atoms with Crippen LogP contribution in [0.15, 0.2) is 23.2 Å². The number of rotatable bonds is 6. The summed E-state index contributed by atoms with van der Waals surface area (Å²) >= 11 is 5.77. The van der Waals surface area contributed by atoms with Crippen LogP contribution in [0.5, 0.6) is 5.75 Å². The van der Waals surface area contributed by atoms with Crippen LogP contribution in [0.25, 0.3) is 0 Å². The summed E-state index contributed by atoms with van der Waals surface area (Å²) < 4.78 is 0. The van der Waals surface area contributed by atoms with Gasteiger partial charge in [0.2, 0.25) is 0 Å². The van der Waals surface area contributed by atoms with Crippen LogP contribution < -0.4 is 0 Å². The first-order chi connectivity index (χ1) is 9.08. The van der Waals surface area contributed by atoms with Gasteiger partial charge < -0.3 is 10.0 Å². The molecule has 0 saturated heterocycles. The van der Waals surface area contributed by atoms with Crippen molar-refractivity contribution in [1.82, 2.24) is 4.90 Å². The molecule has 0 aromatic heterocycles. The normalized spacial score (nSPS) is 12.2. The molecule has 0 unspecified atom stereocenters. The Morgan fingerprint density at radius 2 is 2.16 bits per heavy atom. The maximum atomic E-state index is 9.97. The van der Waals surface area contributed by atoms with Crippen LogP contribution in [0.1, 0.15) is 11.1 Å². The van der Waals surface area contributed by atoms with E-state index in [-0.39, 0.29) is 0 Å². The summed E-state index contributed by atoms with van der Waals surface area (Å²) in [4.78, 5) is 6.78. The predicted molar refractivity (Wildman–Crippen MR) is 89.1 cm³/mol. The summed E-state index contributed by atoms with van der Waals surface area (Å²) in [7, 11) is 2.06. The van der Waals surface area contributed by atoms with Crippen LogP contribution in [0.3, 0.4) is 0 Å². The van der Waals surface area contributed by atoms with E-state index in [0.717, 1.165) is 41.6 Å². The van der Waals surface area contributed by atoms with Gasteiger partial charge >= 0.3 is 0 Å². The summed E-state index contributed by atoms with van der Waals surface area (Å²) in [5.74, 6) is 1.16. The summed E-state index contributed by atoms with van der Waals surface area (Å²) in [6.45, 7) is 4.56. The Hall–Kier alpha value is -0.650. The van der Waals surface area contributed by atoms with Crippen molar-refractivity contribution in [3.63, 3.8) is 0 Å². The SMILES string of the molecule is CSC(=NCCN(C)CCS)c1ccc(C)cc1O. The van der Waals surface area contributed by atoms with Gasteiger partial charge in [0.05, 0.1) is 6.54 Å². The van der Waals surface area contributed by atoms with E-state index in [4.69, 9.17) is 0 Å². The second-order valence-electron chi connectivity index (χ2n) is 4.44. The monoisotopic (exact) mass is 298 g/mol. The standard InChI is InChI=1S/C14H22N2OS2/c1-11-4-5-12(13(17)10-11)14(19-3)15-6-7-16(2)8-9-18/h4-5,10,17-18H,6-9H2,1-3H3. The number of thiol groups is 1. The number of nitrogens with zero attached hydrogens (tertiary/aromatic N) is 2. The fourth-order valence-electron chi connectivity index (χ4n) is 1.69. The molecule has 0 bridgehead atoms. The minimum absolute atomic E-state index is 0.303. The Kier molecular flexibility index (Phi) is 7.34. The van der Waals surface area contributed by atoms with Crippen molar-refractivity contribution >= 4 is 29.4 Å². The van der Waals surface area contributed by atoms with Gasteiger partial charge in [-0.1, -0.05) is 6.07 Å². The molecule has 0 fully saturated rings. The molecule has 0 aliphatic heterocycles. The maximum Gasteiger partial charge on any atom is 0.125 e. The van der Waals surface area contributed by atoms with Crippen LogP contribution in [0.2, 0.25) is 0 Å². The third-order valence-corrected chi connectivity index (χ3v) is 3.73. The van der Waals surface area contributed by atoms with E-state index in [9.17, 15) is 5.11 Å². The van der Waals surface area contributed by atoms with E-state index in [0.29, 0.717) is 5.75 Å². The van der Waals surface area contributed by atoms with Crippen molar-refractivity contribution in [1.29, 1.82) is 0 Å². The molecule has 1 aromatic carbocycles. The molecule has 0 amide bonds. The second kappa shape index (κ2) is 8.51. The molecule has 3 nitrogen and oxygen atoms in total. The van der Waals surface area contributed by atoms with Crippen LogP contribution in [-0.4, -0.2) is 53.7 Å². The van der Waals surface area contributed by atoms with Gasteiger partial charge in [-0.3, -0.25) is 4.99 Å². The molecular weight excluding hydrogens is 276 g/mol. The Bertz CT molecular complexity index is 435. The average molecular weight is 298 g/mol. The van der Waals surface area contributed by atoms with Crippen LogP contribution in [0.4, 0.5) is 0 Å². The number of phenolic OH excluding ortho intramolecular Hbond substituents is 1. The number of aromatic hydroxyl groups is 1. The van der Waals surface area contributed by atoms with Crippen molar-refractivity contribution in [3.05, 3.63) is 29.3 Å². The highest BCUT2D eigenvalue weighted by Gasteiger charge is 2.08. The molecule has 0 aliphatic carbocycles. The zero-order valence-corrected chi connectivity index (χ0v) is 13.5. The number of phenols is 1. The van der Waals surface area contributed by atoms with E-state index in [1.165, 1.54) is 0 Å². The van der Waals surface area contributed by atoms with Gasteiger partial charge in [-0.05, 0) is 37.9 Å². The summed E-state index contributed by atoms with van der Waals surface area (Å²) in [6.07, 6.45) is 1.98. The Morgan fingerprint density at radius 1 is 1.42 bits per heavy atom. The topological polar surface area (TPSA) is 35.8 Å². The highest BCUT2D eigenvalue weighted by molar-refractivity contribution is 8.13. The smallest absolute Gasteiger partial charge is 0.125 e. The lowest BCUT2D eigenvalue weighted by molar-refractivity contribution is 0.367. The third kappa shape index (κ3) is 5.47. The lowest BCUT2D eigenvalue weighted by atomic mass is 10.1. The van der Waals surface area contributed by atoms with Gasteiger partial charge in [0.25, 0.3) is 0 Å². The van der Waals surface area contributed by atoms with Gasteiger partial charge in [0.15, 0.2) is 0 Å². The largest absolute Gasteiger partial charge is 0.507 e. The Labute approximate surface area is 125 Å².